The number of fused-ring (bicyclic) bond motifs is 1. The molecule has 0 aliphatic heterocycles. The van der Waals surface area contributed by atoms with Crippen molar-refractivity contribution in [2.24, 2.45) is 0 Å². The van der Waals surface area contributed by atoms with E-state index in [0.717, 1.165) is 27.8 Å². The standard InChI is InChI=1S/C36H40N6O4/c1-22-9-7-8-10-30(22)23(2)20-42(6)36(45)39-29-13-14-31(34-24(3)40-46-25(34)4)27(17-29)21-41(5)33(43)19-38-28-12-11-26-15-16-37-35(44)32(26)18-28/h7-18,23,38H,19-21H2,1-6H3,(H,37,44)(H,39,45)/t23-/m0/s1. The Hall–Kier alpha value is -5.38. The fraction of sp³-hybridized carbons (Fsp3) is 0.278. The first kappa shape index (κ1) is 32.0. The minimum atomic E-state index is -0.223. The van der Waals surface area contributed by atoms with Crippen LogP contribution in [0.2, 0.25) is 0 Å². The van der Waals surface area contributed by atoms with Crippen LogP contribution in [0.4, 0.5) is 16.2 Å². The second kappa shape index (κ2) is 13.7. The molecule has 10 heteroatoms. The van der Waals surface area contributed by atoms with Crippen LogP contribution in [0.15, 0.2) is 82.2 Å². The molecule has 2 heterocycles. The number of aromatic nitrogens is 2. The van der Waals surface area contributed by atoms with Crippen LogP contribution in [0.1, 0.15) is 41.0 Å². The minimum Gasteiger partial charge on any atom is -0.376 e. The molecule has 0 saturated heterocycles. The van der Waals surface area contributed by atoms with Gasteiger partial charge in [-0.2, -0.15) is 0 Å². The molecule has 10 nitrogen and oxygen atoms in total. The second-order valence-electron chi connectivity index (χ2n) is 11.9. The van der Waals surface area contributed by atoms with Crippen molar-refractivity contribution in [2.75, 3.05) is 37.8 Å². The molecule has 46 heavy (non-hydrogen) atoms. The molecule has 238 valence electrons. The van der Waals surface area contributed by atoms with E-state index in [-0.39, 0.29) is 36.5 Å². The molecule has 0 spiro atoms. The van der Waals surface area contributed by atoms with Gasteiger partial charge in [0.15, 0.2) is 0 Å². The van der Waals surface area contributed by atoms with Gasteiger partial charge in [-0.15, -0.1) is 0 Å². The van der Waals surface area contributed by atoms with Gasteiger partial charge in [-0.3, -0.25) is 9.59 Å². The Kier molecular flexibility index (Phi) is 9.55. The third-order valence-corrected chi connectivity index (χ3v) is 8.33. The predicted octanol–water partition coefficient (Wildman–Crippen LogP) is 6.45. The first-order chi connectivity index (χ1) is 22.0. The summed E-state index contributed by atoms with van der Waals surface area (Å²) >= 11 is 0. The number of hydrogen-bond donors (Lipinski definition) is 3. The lowest BCUT2D eigenvalue weighted by molar-refractivity contribution is -0.128. The van der Waals surface area contributed by atoms with Crippen LogP contribution in [0.5, 0.6) is 0 Å². The van der Waals surface area contributed by atoms with Crippen molar-refractivity contribution in [3.05, 3.63) is 111 Å². The summed E-state index contributed by atoms with van der Waals surface area (Å²) in [5.74, 6) is 0.687. The monoisotopic (exact) mass is 620 g/mol. The zero-order valence-corrected chi connectivity index (χ0v) is 27.1. The topological polar surface area (TPSA) is 124 Å². The molecule has 1 atom stereocenters. The number of carbonyl (C=O) groups excluding carboxylic acids is 2. The van der Waals surface area contributed by atoms with Crippen molar-refractivity contribution >= 4 is 34.1 Å². The number of aryl methyl sites for hydroxylation is 3. The molecule has 5 rings (SSSR count). The highest BCUT2D eigenvalue weighted by molar-refractivity contribution is 5.90. The summed E-state index contributed by atoms with van der Waals surface area (Å²) in [5.41, 5.74) is 6.82. The summed E-state index contributed by atoms with van der Waals surface area (Å²) < 4.78 is 5.45. The maximum absolute atomic E-state index is 13.3. The highest BCUT2D eigenvalue weighted by Gasteiger charge is 2.20. The number of aromatic amines is 1. The Balaban J connectivity index is 1.31. The SMILES string of the molecule is Cc1ccccc1[C@@H](C)CN(C)C(=O)Nc1ccc(-c2c(C)noc2C)c(CN(C)C(=O)CNc2ccc3cc[nH]c(=O)c3c2)c1. The summed E-state index contributed by atoms with van der Waals surface area (Å²) in [6.45, 7) is 8.79. The molecular weight excluding hydrogens is 580 g/mol. The lowest BCUT2D eigenvalue weighted by Crippen LogP contribution is -2.34. The van der Waals surface area contributed by atoms with Gasteiger partial charge in [0, 0.05) is 55.7 Å². The number of H-pyrrole nitrogens is 1. The maximum Gasteiger partial charge on any atom is 0.321 e. The number of rotatable bonds is 10. The summed E-state index contributed by atoms with van der Waals surface area (Å²) in [4.78, 5) is 44.7. The van der Waals surface area contributed by atoms with Crippen molar-refractivity contribution in [1.82, 2.24) is 19.9 Å². The highest BCUT2D eigenvalue weighted by Crippen LogP contribution is 2.32. The van der Waals surface area contributed by atoms with E-state index in [4.69, 9.17) is 4.52 Å². The van der Waals surface area contributed by atoms with Crippen molar-refractivity contribution in [3.8, 4) is 11.1 Å². The number of likely N-dealkylation sites (N-methyl/N-ethyl adjacent to an activating group) is 2. The molecule has 0 radical (unpaired) electrons. The molecule has 0 unspecified atom stereocenters. The Morgan fingerprint density at radius 1 is 0.957 bits per heavy atom. The van der Waals surface area contributed by atoms with E-state index in [1.165, 1.54) is 11.1 Å². The maximum atomic E-state index is 13.3. The number of benzene rings is 3. The van der Waals surface area contributed by atoms with Crippen molar-refractivity contribution in [1.29, 1.82) is 0 Å². The zero-order chi connectivity index (χ0) is 33.0. The fourth-order valence-electron chi connectivity index (χ4n) is 5.81. The van der Waals surface area contributed by atoms with Gasteiger partial charge in [0.05, 0.1) is 12.2 Å². The van der Waals surface area contributed by atoms with E-state index in [1.807, 2.05) is 62.4 Å². The van der Waals surface area contributed by atoms with E-state index in [1.54, 1.807) is 36.2 Å². The van der Waals surface area contributed by atoms with Crippen molar-refractivity contribution < 1.29 is 14.1 Å². The number of nitrogens with one attached hydrogen (secondary N) is 3. The number of pyridine rings is 1. The smallest absolute Gasteiger partial charge is 0.321 e. The van der Waals surface area contributed by atoms with Gasteiger partial charge in [0.2, 0.25) is 5.91 Å². The van der Waals surface area contributed by atoms with Gasteiger partial charge in [-0.1, -0.05) is 48.5 Å². The fourth-order valence-corrected chi connectivity index (χ4v) is 5.81. The number of anilines is 2. The van der Waals surface area contributed by atoms with Crippen LogP contribution in [0.25, 0.3) is 21.9 Å². The van der Waals surface area contributed by atoms with Crippen LogP contribution in [0, 0.1) is 20.8 Å². The summed E-state index contributed by atoms with van der Waals surface area (Å²) in [5, 5.41) is 11.7. The number of hydrogen-bond acceptors (Lipinski definition) is 6. The Morgan fingerprint density at radius 3 is 2.46 bits per heavy atom. The van der Waals surface area contributed by atoms with Gasteiger partial charge >= 0.3 is 6.03 Å². The van der Waals surface area contributed by atoms with Crippen molar-refractivity contribution in [3.63, 3.8) is 0 Å². The number of urea groups is 1. The van der Waals surface area contributed by atoms with Crippen LogP contribution in [-0.4, -0.2) is 59.1 Å². The number of carbonyl (C=O) groups is 2. The van der Waals surface area contributed by atoms with Crippen LogP contribution in [-0.2, 0) is 11.3 Å². The predicted molar refractivity (Wildman–Crippen MR) is 182 cm³/mol. The molecule has 0 aliphatic carbocycles. The van der Waals surface area contributed by atoms with Gasteiger partial charge in [-0.25, -0.2) is 4.79 Å². The van der Waals surface area contributed by atoms with Gasteiger partial charge < -0.3 is 29.9 Å². The van der Waals surface area contributed by atoms with Gasteiger partial charge in [0.1, 0.15) is 5.76 Å². The molecule has 2 aromatic heterocycles. The quantitative estimate of drug-likeness (QED) is 0.165. The minimum absolute atomic E-state index is 0.0354. The van der Waals surface area contributed by atoms with E-state index < -0.39 is 0 Å². The van der Waals surface area contributed by atoms with Crippen molar-refractivity contribution in [2.45, 2.75) is 40.2 Å². The van der Waals surface area contributed by atoms with E-state index in [9.17, 15) is 14.4 Å². The molecule has 0 saturated carbocycles. The average molecular weight is 621 g/mol. The Bertz CT molecular complexity index is 1930. The average Bonchev–Trinajstić information content (AvgIpc) is 3.37. The lowest BCUT2D eigenvalue weighted by atomic mass is 9.96. The lowest BCUT2D eigenvalue weighted by Gasteiger charge is -2.24. The number of amides is 3. The van der Waals surface area contributed by atoms with E-state index in [0.29, 0.717) is 29.1 Å². The number of nitrogens with zero attached hydrogens (tertiary/aromatic N) is 3. The molecular formula is C36H40N6O4. The zero-order valence-electron chi connectivity index (χ0n) is 27.1. The van der Waals surface area contributed by atoms with Crippen LogP contribution < -0.4 is 16.2 Å². The molecule has 0 bridgehead atoms. The van der Waals surface area contributed by atoms with E-state index in [2.05, 4.69) is 46.8 Å². The molecule has 5 aromatic rings. The van der Waals surface area contributed by atoms with Crippen LogP contribution in [0.3, 0.4) is 0 Å². The molecule has 3 aromatic carbocycles. The molecule has 3 N–H and O–H groups in total. The molecule has 0 fully saturated rings. The molecule has 0 aliphatic rings. The second-order valence-corrected chi connectivity index (χ2v) is 11.9. The first-order valence-electron chi connectivity index (χ1n) is 15.2. The Morgan fingerprint density at radius 2 is 1.72 bits per heavy atom. The summed E-state index contributed by atoms with van der Waals surface area (Å²) in [6.07, 6.45) is 1.61. The summed E-state index contributed by atoms with van der Waals surface area (Å²) in [7, 11) is 3.52. The first-order valence-corrected chi connectivity index (χ1v) is 15.2. The Labute approximate surface area is 268 Å². The van der Waals surface area contributed by atoms with E-state index >= 15 is 0 Å². The molecule has 3 amide bonds. The largest absolute Gasteiger partial charge is 0.376 e. The highest BCUT2D eigenvalue weighted by atomic mass is 16.5. The normalized spacial score (nSPS) is 11.7. The van der Waals surface area contributed by atoms with Crippen LogP contribution >= 0.6 is 0 Å². The third-order valence-electron chi connectivity index (χ3n) is 8.33. The summed E-state index contributed by atoms with van der Waals surface area (Å²) in [6, 6.07) is 20.9. The van der Waals surface area contributed by atoms with Gasteiger partial charge in [0.25, 0.3) is 5.56 Å². The third kappa shape index (κ3) is 7.12. The van der Waals surface area contributed by atoms with Gasteiger partial charge in [-0.05, 0) is 84.7 Å².